The van der Waals surface area contributed by atoms with Gasteiger partial charge in [0.25, 0.3) is 0 Å². The molecule has 2 aromatic carbocycles. The van der Waals surface area contributed by atoms with Crippen LogP contribution in [0.15, 0.2) is 70.4 Å². The Morgan fingerprint density at radius 1 is 1.10 bits per heavy atom. The van der Waals surface area contributed by atoms with Crippen LogP contribution in [0.25, 0.3) is 17.3 Å². The Bertz CT molecular complexity index is 1210. The molecule has 0 aliphatic carbocycles. The number of methoxy groups -OCH3 is 2. The molecule has 0 fully saturated rings. The van der Waals surface area contributed by atoms with E-state index in [1.54, 1.807) is 55.8 Å². The van der Waals surface area contributed by atoms with Gasteiger partial charge in [-0.2, -0.15) is 0 Å². The second-order valence-electron chi connectivity index (χ2n) is 6.38. The largest absolute Gasteiger partial charge is 0.497 e. The van der Waals surface area contributed by atoms with Gasteiger partial charge in [-0.15, -0.1) is 10.2 Å². The number of nitrogens with zero attached hydrogens (tertiary/aromatic N) is 3. The van der Waals surface area contributed by atoms with Crippen molar-refractivity contribution in [1.82, 2.24) is 14.8 Å². The Hall–Kier alpha value is -3.23. The molecule has 31 heavy (non-hydrogen) atoms. The molecule has 0 saturated heterocycles. The number of aromatic nitrogens is 3. The predicted octanol–water partition coefficient (Wildman–Crippen LogP) is 5.17. The molecule has 158 valence electrons. The van der Waals surface area contributed by atoms with E-state index in [1.165, 1.54) is 18.9 Å². The minimum atomic E-state index is -0.124. The fourth-order valence-corrected chi connectivity index (χ4v) is 4.04. The summed E-state index contributed by atoms with van der Waals surface area (Å²) in [6.07, 6.45) is 1.57. The molecule has 7 nitrogen and oxygen atoms in total. The second-order valence-corrected chi connectivity index (χ2v) is 7.76. The van der Waals surface area contributed by atoms with Crippen molar-refractivity contribution < 1.29 is 18.7 Å². The average Bonchev–Trinajstić information content (AvgIpc) is 3.46. The van der Waals surface area contributed by atoms with Gasteiger partial charge in [0.2, 0.25) is 5.82 Å². The average molecular weight is 456 g/mol. The number of furan rings is 1. The maximum Gasteiger partial charge on any atom is 0.205 e. The monoisotopic (exact) mass is 455 g/mol. The molecule has 0 spiro atoms. The number of hydrogen-bond donors (Lipinski definition) is 0. The molecular formula is C22H18ClN3O4S. The van der Waals surface area contributed by atoms with Gasteiger partial charge in [0.15, 0.2) is 16.7 Å². The highest BCUT2D eigenvalue weighted by atomic mass is 35.5. The van der Waals surface area contributed by atoms with Gasteiger partial charge in [-0.25, -0.2) is 0 Å². The van der Waals surface area contributed by atoms with Crippen molar-refractivity contribution in [3.05, 3.63) is 71.4 Å². The third kappa shape index (κ3) is 4.45. The molecular weight excluding hydrogens is 438 g/mol. The molecule has 0 amide bonds. The van der Waals surface area contributed by atoms with E-state index in [0.29, 0.717) is 38.8 Å². The number of thioether (sulfide) groups is 1. The molecule has 4 rings (SSSR count). The molecule has 0 bridgehead atoms. The normalized spacial score (nSPS) is 10.8. The number of ketones is 1. The van der Waals surface area contributed by atoms with Crippen LogP contribution in [0.2, 0.25) is 5.02 Å². The molecule has 0 saturated carbocycles. The summed E-state index contributed by atoms with van der Waals surface area (Å²) < 4.78 is 17.9. The number of ether oxygens (including phenoxy) is 2. The SMILES string of the molecule is COc1ccc(OC)c(C(=O)CSc2nnc(-c3ccco3)n2-c2cccc(Cl)c2)c1. The van der Waals surface area contributed by atoms with Crippen LogP contribution in [-0.4, -0.2) is 40.5 Å². The third-order valence-electron chi connectivity index (χ3n) is 4.48. The number of rotatable bonds is 8. The summed E-state index contributed by atoms with van der Waals surface area (Å²) in [5.41, 5.74) is 1.20. The Kier molecular flexibility index (Phi) is 6.29. The van der Waals surface area contributed by atoms with Crippen molar-refractivity contribution in [3.8, 4) is 28.8 Å². The van der Waals surface area contributed by atoms with Gasteiger partial charge < -0.3 is 13.9 Å². The summed E-state index contributed by atoms with van der Waals surface area (Å²) >= 11 is 7.46. The zero-order valence-electron chi connectivity index (χ0n) is 16.7. The molecule has 0 aliphatic rings. The van der Waals surface area contributed by atoms with Gasteiger partial charge in [0.1, 0.15) is 11.5 Å². The minimum absolute atomic E-state index is 0.124. The van der Waals surface area contributed by atoms with Gasteiger partial charge in [0, 0.05) is 5.02 Å². The fraction of sp³-hybridized carbons (Fsp3) is 0.136. The standard InChI is InChI=1S/C22H18ClN3O4S/c1-28-16-8-9-19(29-2)17(12-16)18(27)13-31-22-25-24-21(20-7-4-10-30-20)26(22)15-6-3-5-14(23)11-15/h3-12H,13H2,1-2H3. The third-order valence-corrected chi connectivity index (χ3v) is 5.64. The number of benzene rings is 2. The first kappa shape index (κ1) is 21.0. The van der Waals surface area contributed by atoms with Crippen LogP contribution in [-0.2, 0) is 0 Å². The van der Waals surface area contributed by atoms with E-state index >= 15 is 0 Å². The molecule has 0 unspecified atom stereocenters. The molecule has 2 aromatic heterocycles. The number of hydrogen-bond acceptors (Lipinski definition) is 7. The van der Waals surface area contributed by atoms with Crippen LogP contribution < -0.4 is 9.47 Å². The van der Waals surface area contributed by atoms with E-state index in [4.69, 9.17) is 25.5 Å². The Balaban J connectivity index is 1.66. The van der Waals surface area contributed by atoms with Crippen molar-refractivity contribution in [1.29, 1.82) is 0 Å². The summed E-state index contributed by atoms with van der Waals surface area (Å²) in [5.74, 6) is 2.14. The van der Waals surface area contributed by atoms with Crippen LogP contribution in [0.4, 0.5) is 0 Å². The van der Waals surface area contributed by atoms with E-state index in [0.717, 1.165) is 5.69 Å². The smallest absolute Gasteiger partial charge is 0.205 e. The van der Waals surface area contributed by atoms with E-state index in [9.17, 15) is 4.79 Å². The topological polar surface area (TPSA) is 79.4 Å². The van der Waals surface area contributed by atoms with E-state index in [2.05, 4.69) is 10.2 Å². The lowest BCUT2D eigenvalue weighted by Crippen LogP contribution is -2.07. The Morgan fingerprint density at radius 3 is 2.68 bits per heavy atom. The number of carbonyl (C=O) groups excluding carboxylic acids is 1. The van der Waals surface area contributed by atoms with Gasteiger partial charge in [-0.05, 0) is 48.5 Å². The summed E-state index contributed by atoms with van der Waals surface area (Å²) in [4.78, 5) is 12.9. The molecule has 0 N–H and O–H groups in total. The minimum Gasteiger partial charge on any atom is -0.497 e. The number of halogens is 1. The van der Waals surface area contributed by atoms with Gasteiger partial charge >= 0.3 is 0 Å². The van der Waals surface area contributed by atoms with Crippen molar-refractivity contribution in [3.63, 3.8) is 0 Å². The summed E-state index contributed by atoms with van der Waals surface area (Å²) in [6, 6.07) is 16.0. The highest BCUT2D eigenvalue weighted by molar-refractivity contribution is 7.99. The highest BCUT2D eigenvalue weighted by Crippen LogP contribution is 2.31. The van der Waals surface area contributed by atoms with Crippen LogP contribution >= 0.6 is 23.4 Å². The van der Waals surface area contributed by atoms with E-state index in [-0.39, 0.29) is 11.5 Å². The lowest BCUT2D eigenvalue weighted by atomic mass is 10.1. The number of carbonyl (C=O) groups is 1. The van der Waals surface area contributed by atoms with E-state index < -0.39 is 0 Å². The Labute approximate surface area is 187 Å². The van der Waals surface area contributed by atoms with Crippen LogP contribution in [0, 0.1) is 0 Å². The first-order chi connectivity index (χ1) is 15.1. The fourth-order valence-electron chi connectivity index (χ4n) is 3.02. The van der Waals surface area contributed by atoms with Crippen molar-refractivity contribution >= 4 is 29.1 Å². The van der Waals surface area contributed by atoms with Crippen molar-refractivity contribution in [2.75, 3.05) is 20.0 Å². The summed E-state index contributed by atoms with van der Waals surface area (Å²) in [7, 11) is 3.07. The first-order valence-corrected chi connectivity index (χ1v) is 10.6. The van der Waals surface area contributed by atoms with Gasteiger partial charge in [-0.1, -0.05) is 29.4 Å². The van der Waals surface area contributed by atoms with Crippen molar-refractivity contribution in [2.45, 2.75) is 5.16 Å². The predicted molar refractivity (Wildman–Crippen MR) is 119 cm³/mol. The van der Waals surface area contributed by atoms with E-state index in [1.807, 2.05) is 16.7 Å². The van der Waals surface area contributed by atoms with Crippen LogP contribution in [0.1, 0.15) is 10.4 Å². The van der Waals surface area contributed by atoms with Crippen LogP contribution in [0.3, 0.4) is 0 Å². The molecule has 4 aromatic rings. The van der Waals surface area contributed by atoms with Gasteiger partial charge in [-0.3, -0.25) is 9.36 Å². The lowest BCUT2D eigenvalue weighted by molar-refractivity contribution is 0.101. The number of Topliss-reactive ketones (excluding diaryl/α,β-unsaturated/α-hetero) is 1. The zero-order valence-corrected chi connectivity index (χ0v) is 18.3. The quantitative estimate of drug-likeness (QED) is 0.268. The second kappa shape index (κ2) is 9.28. The molecule has 0 radical (unpaired) electrons. The highest BCUT2D eigenvalue weighted by Gasteiger charge is 2.21. The Morgan fingerprint density at radius 2 is 1.97 bits per heavy atom. The summed E-state index contributed by atoms with van der Waals surface area (Å²) in [5, 5.41) is 9.67. The zero-order chi connectivity index (χ0) is 21.8. The lowest BCUT2D eigenvalue weighted by Gasteiger charge is -2.11. The molecule has 0 aliphatic heterocycles. The van der Waals surface area contributed by atoms with Crippen molar-refractivity contribution in [2.24, 2.45) is 0 Å². The molecule has 0 atom stereocenters. The molecule has 2 heterocycles. The van der Waals surface area contributed by atoms with Crippen LogP contribution in [0.5, 0.6) is 11.5 Å². The first-order valence-electron chi connectivity index (χ1n) is 9.24. The maximum atomic E-state index is 12.9. The van der Waals surface area contributed by atoms with Gasteiger partial charge in [0.05, 0.1) is 37.5 Å². The maximum absolute atomic E-state index is 12.9. The summed E-state index contributed by atoms with van der Waals surface area (Å²) in [6.45, 7) is 0. The molecule has 9 heteroatoms.